The van der Waals surface area contributed by atoms with Crippen LogP contribution in [0.25, 0.3) is 17.1 Å². The smallest absolute Gasteiger partial charge is 0.204 e. The second kappa shape index (κ2) is 7.12. The van der Waals surface area contributed by atoms with Crippen LogP contribution in [-0.4, -0.2) is 42.1 Å². The van der Waals surface area contributed by atoms with E-state index in [9.17, 15) is 0 Å². The molecule has 0 aliphatic carbocycles. The number of tetrazole rings is 1. The largest absolute Gasteiger partial charge is 0.497 e. The molecule has 2 aromatic heterocycles. The van der Waals surface area contributed by atoms with Crippen molar-refractivity contribution in [1.29, 1.82) is 0 Å². The first kappa shape index (κ1) is 17.1. The topological polar surface area (TPSA) is 86.4 Å². The molecule has 2 aromatic carbocycles. The maximum absolute atomic E-state index is 5.40. The van der Waals surface area contributed by atoms with Crippen LogP contribution in [0.1, 0.15) is 11.4 Å². The van der Waals surface area contributed by atoms with Crippen LogP contribution >= 0.6 is 12.2 Å². The number of aromatic amines is 1. The predicted octanol–water partition coefficient (Wildman–Crippen LogP) is 2.95. The van der Waals surface area contributed by atoms with E-state index >= 15 is 0 Å². The van der Waals surface area contributed by atoms with Gasteiger partial charge in [0.05, 0.1) is 12.8 Å². The van der Waals surface area contributed by atoms with Gasteiger partial charge in [-0.25, -0.2) is 0 Å². The minimum atomic E-state index is 0.338. The molecular formula is C18H17N7OS. The Labute approximate surface area is 160 Å². The molecular weight excluding hydrogens is 362 g/mol. The number of aryl methyl sites for hydroxylation is 1. The number of nitrogens with zero attached hydrogens (tertiary/aromatic N) is 6. The summed E-state index contributed by atoms with van der Waals surface area (Å²) in [6.07, 6.45) is 0. The van der Waals surface area contributed by atoms with Crippen LogP contribution in [-0.2, 0) is 6.54 Å². The zero-order chi connectivity index (χ0) is 18.8. The number of H-pyrrole nitrogens is 1. The molecule has 0 saturated heterocycles. The first-order chi connectivity index (χ1) is 13.2. The van der Waals surface area contributed by atoms with Crippen molar-refractivity contribution >= 4 is 12.2 Å². The van der Waals surface area contributed by atoms with Crippen LogP contribution in [0.3, 0.4) is 0 Å². The van der Waals surface area contributed by atoms with E-state index in [1.807, 2.05) is 60.0 Å². The third-order valence-corrected chi connectivity index (χ3v) is 4.46. The number of ether oxygens (including phenoxy) is 1. The zero-order valence-electron chi connectivity index (χ0n) is 14.8. The van der Waals surface area contributed by atoms with E-state index in [1.54, 1.807) is 7.11 Å². The maximum atomic E-state index is 5.40. The number of nitrogens with one attached hydrogen (secondary N) is 1. The molecule has 4 aromatic rings. The van der Waals surface area contributed by atoms with Crippen molar-refractivity contribution < 1.29 is 4.74 Å². The summed E-state index contributed by atoms with van der Waals surface area (Å²) < 4.78 is 7.58. The summed E-state index contributed by atoms with van der Waals surface area (Å²) in [6, 6.07) is 15.5. The van der Waals surface area contributed by atoms with E-state index < -0.39 is 0 Å². The molecule has 27 heavy (non-hydrogen) atoms. The van der Waals surface area contributed by atoms with Crippen molar-refractivity contribution in [2.24, 2.45) is 0 Å². The predicted molar refractivity (Wildman–Crippen MR) is 102 cm³/mol. The van der Waals surface area contributed by atoms with E-state index in [0.717, 1.165) is 22.6 Å². The van der Waals surface area contributed by atoms with Crippen LogP contribution < -0.4 is 4.74 Å². The molecule has 0 amide bonds. The van der Waals surface area contributed by atoms with Crippen LogP contribution in [0.2, 0.25) is 0 Å². The zero-order valence-corrected chi connectivity index (χ0v) is 15.6. The number of rotatable bonds is 5. The van der Waals surface area contributed by atoms with Gasteiger partial charge >= 0.3 is 0 Å². The molecule has 0 atom stereocenters. The van der Waals surface area contributed by atoms with E-state index in [2.05, 4.69) is 25.6 Å². The van der Waals surface area contributed by atoms with Gasteiger partial charge < -0.3 is 4.74 Å². The summed E-state index contributed by atoms with van der Waals surface area (Å²) >= 11 is 5.40. The maximum Gasteiger partial charge on any atom is 0.204 e. The molecule has 0 spiro atoms. The Morgan fingerprint density at radius 3 is 2.63 bits per heavy atom. The Morgan fingerprint density at radius 2 is 1.89 bits per heavy atom. The summed E-state index contributed by atoms with van der Waals surface area (Å²) in [6.45, 7) is 2.37. The van der Waals surface area contributed by atoms with E-state index in [0.29, 0.717) is 23.0 Å². The van der Waals surface area contributed by atoms with Crippen molar-refractivity contribution in [3.05, 3.63) is 64.7 Å². The molecule has 0 unspecified atom stereocenters. The van der Waals surface area contributed by atoms with Crippen molar-refractivity contribution in [2.75, 3.05) is 7.11 Å². The first-order valence-electron chi connectivity index (χ1n) is 8.30. The summed E-state index contributed by atoms with van der Waals surface area (Å²) in [4.78, 5) is 1.50. The molecule has 0 bridgehead atoms. The highest BCUT2D eigenvalue weighted by molar-refractivity contribution is 7.71. The molecule has 0 aliphatic rings. The van der Waals surface area contributed by atoms with Gasteiger partial charge in [-0.05, 0) is 60.3 Å². The quantitative estimate of drug-likeness (QED) is 0.537. The number of para-hydroxylation sites is 1. The molecule has 2 heterocycles. The van der Waals surface area contributed by atoms with Gasteiger partial charge in [-0.1, -0.05) is 18.2 Å². The van der Waals surface area contributed by atoms with Crippen molar-refractivity contribution in [3.63, 3.8) is 0 Å². The van der Waals surface area contributed by atoms with Crippen molar-refractivity contribution in [1.82, 2.24) is 35.0 Å². The molecule has 4 rings (SSSR count). The standard InChI is InChI=1S/C18H17N7OS/c1-12-5-3-4-6-15(12)25-16(19-21-18(25)27)11-24-22-17(20-23-24)13-7-9-14(26-2)10-8-13/h3-10H,11H2,1-2H3,(H,21,27). The number of benzene rings is 2. The van der Waals surface area contributed by atoms with Gasteiger partial charge in [0.1, 0.15) is 12.3 Å². The number of aromatic nitrogens is 7. The molecule has 0 radical (unpaired) electrons. The Hall–Kier alpha value is -3.33. The Bertz CT molecular complexity index is 1130. The SMILES string of the molecule is COc1ccc(-c2nnn(Cc3n[nH]c(=S)n3-c3ccccc3C)n2)cc1. The molecule has 0 aliphatic heterocycles. The van der Waals surface area contributed by atoms with Gasteiger partial charge in [0.2, 0.25) is 5.82 Å². The molecule has 1 N–H and O–H groups in total. The Kier molecular flexibility index (Phi) is 4.51. The van der Waals surface area contributed by atoms with Gasteiger partial charge in [-0.3, -0.25) is 9.67 Å². The fourth-order valence-corrected chi connectivity index (χ4v) is 3.04. The highest BCUT2D eigenvalue weighted by Crippen LogP contribution is 2.19. The van der Waals surface area contributed by atoms with E-state index in [1.165, 1.54) is 4.80 Å². The lowest BCUT2D eigenvalue weighted by Crippen LogP contribution is -2.11. The van der Waals surface area contributed by atoms with Gasteiger partial charge in [0.25, 0.3) is 0 Å². The van der Waals surface area contributed by atoms with Crippen molar-refractivity contribution in [3.8, 4) is 22.8 Å². The van der Waals surface area contributed by atoms with E-state index in [4.69, 9.17) is 17.0 Å². The average Bonchev–Trinajstić information content (AvgIpc) is 3.30. The third kappa shape index (κ3) is 3.36. The summed E-state index contributed by atoms with van der Waals surface area (Å²) in [7, 11) is 1.63. The van der Waals surface area contributed by atoms with Crippen LogP contribution in [0.15, 0.2) is 48.5 Å². The summed E-state index contributed by atoms with van der Waals surface area (Å²) in [5.41, 5.74) is 2.93. The minimum Gasteiger partial charge on any atom is -0.497 e. The fraction of sp³-hybridized carbons (Fsp3) is 0.167. The van der Waals surface area contributed by atoms with Gasteiger partial charge in [0.15, 0.2) is 10.6 Å². The third-order valence-electron chi connectivity index (χ3n) is 4.18. The Morgan fingerprint density at radius 1 is 1.11 bits per heavy atom. The lowest BCUT2D eigenvalue weighted by atomic mass is 10.2. The molecule has 0 saturated carbocycles. The molecule has 8 nitrogen and oxygen atoms in total. The normalized spacial score (nSPS) is 10.9. The first-order valence-corrected chi connectivity index (χ1v) is 8.71. The molecule has 9 heteroatoms. The van der Waals surface area contributed by atoms with Gasteiger partial charge in [-0.2, -0.15) is 9.90 Å². The number of hydrogen-bond acceptors (Lipinski definition) is 6. The molecule has 136 valence electrons. The van der Waals surface area contributed by atoms with Gasteiger partial charge in [-0.15, -0.1) is 10.2 Å². The lowest BCUT2D eigenvalue weighted by molar-refractivity contribution is 0.415. The highest BCUT2D eigenvalue weighted by Gasteiger charge is 2.13. The lowest BCUT2D eigenvalue weighted by Gasteiger charge is -2.09. The van der Waals surface area contributed by atoms with Crippen LogP contribution in [0, 0.1) is 11.7 Å². The minimum absolute atomic E-state index is 0.338. The second-order valence-corrected chi connectivity index (χ2v) is 6.33. The van der Waals surface area contributed by atoms with Gasteiger partial charge in [0, 0.05) is 5.56 Å². The number of hydrogen-bond donors (Lipinski definition) is 1. The fourth-order valence-electron chi connectivity index (χ4n) is 2.79. The van der Waals surface area contributed by atoms with Crippen molar-refractivity contribution in [2.45, 2.75) is 13.5 Å². The molecule has 0 fully saturated rings. The van der Waals surface area contributed by atoms with Crippen LogP contribution in [0.5, 0.6) is 5.75 Å². The highest BCUT2D eigenvalue weighted by atomic mass is 32.1. The summed E-state index contributed by atoms with van der Waals surface area (Å²) in [5.74, 6) is 2.02. The monoisotopic (exact) mass is 379 g/mol. The second-order valence-electron chi connectivity index (χ2n) is 5.94. The summed E-state index contributed by atoms with van der Waals surface area (Å²) in [5, 5.41) is 19.9. The Balaban J connectivity index is 1.64. The van der Waals surface area contributed by atoms with E-state index in [-0.39, 0.29) is 0 Å². The average molecular weight is 379 g/mol. The number of methoxy groups -OCH3 is 1. The van der Waals surface area contributed by atoms with Crippen LogP contribution in [0.4, 0.5) is 0 Å².